The minimum atomic E-state index is -4.63. The first-order chi connectivity index (χ1) is 38.2. The van der Waals surface area contributed by atoms with E-state index in [1.54, 1.807) is 48.8 Å². The maximum absolute atomic E-state index is 13.8. The smallest absolute Gasteiger partial charge is 0.406 e. The third kappa shape index (κ3) is 20.0. The van der Waals surface area contributed by atoms with Crippen LogP contribution in [0.2, 0.25) is 0 Å². The van der Waals surface area contributed by atoms with Gasteiger partial charge in [-0.3, -0.25) is 43.7 Å². The zero-order chi connectivity index (χ0) is 59.3. The average molecular weight is 1570 g/mol. The Kier molecular flexibility index (Phi) is 30.2. The maximum Gasteiger partial charge on any atom is 0.406 e. The number of ether oxygens (including phenoxy) is 2. The molecule has 9 amide bonds. The molecule has 0 bridgehead atoms. The number of carbonyl (C=O) groups is 8. The van der Waals surface area contributed by atoms with Gasteiger partial charge < -0.3 is 56.7 Å². The van der Waals surface area contributed by atoms with Gasteiger partial charge in [0.1, 0.15) is 23.7 Å². The summed E-state index contributed by atoms with van der Waals surface area (Å²) in [4.78, 5) is 114. The van der Waals surface area contributed by atoms with Crippen LogP contribution in [0, 0.1) is 0 Å². The number of likely N-dealkylation sites (N-methyl/N-ethyl adjacent to an activating group) is 1. The zero-order valence-corrected chi connectivity index (χ0v) is 50.7. The van der Waals surface area contributed by atoms with Crippen LogP contribution in [0.3, 0.4) is 0 Å². The molecule has 8 rings (SSSR count). The minimum Gasteiger partial charge on any atom is -0.664 e. The second-order valence-corrected chi connectivity index (χ2v) is 20.9. The van der Waals surface area contributed by atoms with Crippen LogP contribution >= 0.6 is 0 Å². The average Bonchev–Trinajstić information content (AvgIpc) is 1.76. The summed E-state index contributed by atoms with van der Waals surface area (Å²) < 4.78 is 49.2. The van der Waals surface area contributed by atoms with Crippen LogP contribution in [0.15, 0.2) is 109 Å². The normalized spacial score (nSPS) is 18.7. The van der Waals surface area contributed by atoms with Crippen molar-refractivity contribution in [1.82, 2.24) is 50.4 Å². The third-order valence-electron chi connectivity index (χ3n) is 13.5. The Morgan fingerprint density at radius 3 is 1.57 bits per heavy atom. The number of carboxylic acids is 1. The number of imide groups is 2. The molecule has 2 aromatic heterocycles. The second-order valence-electron chi connectivity index (χ2n) is 20.9. The van der Waals surface area contributed by atoms with Crippen molar-refractivity contribution in [2.24, 2.45) is 0 Å². The van der Waals surface area contributed by atoms with Crippen molar-refractivity contribution in [3.8, 4) is 0 Å². The summed E-state index contributed by atoms with van der Waals surface area (Å²) >= 11 is 0. The molecule has 86 heavy (non-hydrogen) atoms. The molecule has 4 atom stereocenters. The number of urea groups is 2. The number of halogens is 3. The molecular formula is C58H79F3N12O11Pt2-2. The van der Waals surface area contributed by atoms with Gasteiger partial charge in [-0.2, -0.15) is 13.2 Å². The Balaban J connectivity index is 0.000000668. The van der Waals surface area contributed by atoms with E-state index >= 15 is 0 Å². The number of fused-ring (bicyclic) bond motifs is 2. The van der Waals surface area contributed by atoms with E-state index in [0.717, 1.165) is 16.0 Å². The number of rotatable bonds is 19. The van der Waals surface area contributed by atoms with E-state index in [4.69, 9.17) is 26.0 Å². The molecular weight excluding hydrogens is 1490 g/mol. The van der Waals surface area contributed by atoms with E-state index in [0.29, 0.717) is 22.8 Å². The van der Waals surface area contributed by atoms with Crippen LogP contribution in [0.1, 0.15) is 72.5 Å². The molecule has 2 aromatic carbocycles. The number of carboxylic acid groups (broad SMARTS) is 1. The molecule has 6 heterocycles. The van der Waals surface area contributed by atoms with Crippen molar-refractivity contribution >= 4 is 47.6 Å². The fraction of sp³-hybridized carbons (Fsp3) is 0.483. The summed E-state index contributed by atoms with van der Waals surface area (Å²) in [5.41, 5.74) is 13.1. The van der Waals surface area contributed by atoms with Crippen molar-refractivity contribution in [3.63, 3.8) is 0 Å². The van der Waals surface area contributed by atoms with E-state index in [9.17, 15) is 51.5 Å². The first-order valence-electron chi connectivity index (χ1n) is 25.8. The molecule has 0 aliphatic carbocycles. The predicted octanol–water partition coefficient (Wildman–Crippen LogP) is 5.93. The summed E-state index contributed by atoms with van der Waals surface area (Å²) in [7, 11) is 1.44. The van der Waals surface area contributed by atoms with Gasteiger partial charge in [-0.15, -0.1) is 0 Å². The number of nitrogens with one attached hydrogen (secondary N) is 5. The molecule has 28 heteroatoms. The molecule has 4 aromatic rings. The van der Waals surface area contributed by atoms with Gasteiger partial charge in [-0.1, -0.05) is 134 Å². The van der Waals surface area contributed by atoms with Gasteiger partial charge in [0.05, 0.1) is 33.0 Å². The molecule has 23 nitrogen and oxygen atoms in total. The third-order valence-corrected chi connectivity index (χ3v) is 13.5. The number of hydrogen-bond donors (Lipinski definition) is 4. The molecule has 0 radical (unpaired) electrons. The zero-order valence-electron chi connectivity index (χ0n) is 46.2. The number of nitrogens with zero attached hydrogens (tertiary/aromatic N) is 7. The Morgan fingerprint density at radius 1 is 0.663 bits per heavy atom. The molecule has 4 saturated heterocycles. The van der Waals surface area contributed by atoms with E-state index in [2.05, 4.69) is 25.9 Å². The van der Waals surface area contributed by atoms with Crippen LogP contribution in [0.5, 0.6) is 0 Å². The Labute approximate surface area is 529 Å². The molecule has 4 fully saturated rings. The van der Waals surface area contributed by atoms with E-state index in [-0.39, 0.29) is 136 Å². The van der Waals surface area contributed by atoms with Gasteiger partial charge in [0.15, 0.2) is 6.04 Å². The quantitative estimate of drug-likeness (QED) is 0.0792. The number of amides is 9. The topological polar surface area (TPSA) is 301 Å². The van der Waals surface area contributed by atoms with Gasteiger partial charge in [-0.25, -0.2) is 14.4 Å². The first kappa shape index (κ1) is 77.5. The predicted molar refractivity (Wildman–Crippen MR) is 306 cm³/mol. The van der Waals surface area contributed by atoms with Crippen molar-refractivity contribution in [1.29, 1.82) is 0 Å². The summed E-state index contributed by atoms with van der Waals surface area (Å²) in [6.07, 6.45) is -1.24. The minimum absolute atomic E-state index is 0. The van der Waals surface area contributed by atoms with Gasteiger partial charge in [0, 0.05) is 119 Å². The van der Waals surface area contributed by atoms with Crippen LogP contribution in [-0.2, 0) is 106 Å². The van der Waals surface area contributed by atoms with Crippen molar-refractivity contribution in [3.05, 3.63) is 143 Å². The van der Waals surface area contributed by atoms with Crippen molar-refractivity contribution < 1.29 is 108 Å². The van der Waals surface area contributed by atoms with Crippen LogP contribution in [-0.4, -0.2) is 194 Å². The Bertz CT molecular complexity index is 2860. The number of alkyl halides is 3. The number of hydrogen-bond acceptors (Lipinski definition) is 13. The van der Waals surface area contributed by atoms with Gasteiger partial charge >= 0.3 is 24.2 Å². The van der Waals surface area contributed by atoms with Gasteiger partial charge in [0.25, 0.3) is 11.8 Å². The summed E-state index contributed by atoms with van der Waals surface area (Å²) in [6, 6.07) is 25.7. The summed E-state index contributed by atoms with van der Waals surface area (Å²) in [5, 5.41) is 17.0. The molecule has 0 saturated carbocycles. The SMILES string of the molecule is C.C.C.CC(C)([NH-])C(=O)N[C@H](COCc1ccccc1)C(=O)O.CN1C(=O)N2CCN(C(=O)[C@@H](COCc3ccccc3)NC(=O)C(C)(C)[NH-])C[C@@]2(Cc2ccccn2)C1=O.O=C1N(CC(F)(F)F)C(=O)[C@]2(Cc3ccccn3)CNCCN12.[Pt].[Pt]. The molecule has 4 aliphatic heterocycles. The Hall–Kier alpha value is -6.53. The molecule has 4 aliphatic rings. The van der Waals surface area contributed by atoms with Gasteiger partial charge in [-0.05, 0) is 35.4 Å². The fourth-order valence-corrected chi connectivity index (χ4v) is 9.26. The number of aromatic nitrogens is 2. The van der Waals surface area contributed by atoms with E-state index < -0.39 is 94.5 Å². The first-order valence-corrected chi connectivity index (χ1v) is 25.8. The molecule has 480 valence electrons. The maximum atomic E-state index is 13.8. The largest absolute Gasteiger partial charge is 0.664 e. The standard InChI is InChI=1S/C27H33N6O5.C14H15F3N4O2.C14H19N2O4.3CH4.2Pt/c1-26(2,28)23(35)30-21(17-38-16-19-9-5-4-6-10-19)22(34)32-13-14-33-25(37)31(3)24(36)27(33,18-32)15-20-11-7-8-12-29-20;15-14(16,17)9-20-11(22)13(7-10-3-1-2-4-19-10)8-18-5-6-21(13)12(20)23;1-14(2,15)13(19)16-11(12(17)18)9-20-8-10-6-4-3-5-7-10;;;;;/h4-12,21,28H,13-18H2,1-3H3,(H,30,35);1-4,18H,5-9H2;3-7,11,15H,8-9H2,1-2H3,(H,16,19)(H,17,18);3*1H4;;/q-1;;-1;;;;;/t21-,27+;13-;11-;;;;;/m101...../s1. The van der Waals surface area contributed by atoms with Crippen LogP contribution in [0.4, 0.5) is 22.8 Å². The van der Waals surface area contributed by atoms with Crippen LogP contribution < -0.4 is 16.0 Å². The number of carbonyl (C=O) groups excluding carboxylic acids is 7. The molecule has 0 spiro atoms. The van der Waals surface area contributed by atoms with Crippen LogP contribution in [0.25, 0.3) is 11.5 Å². The monoisotopic (exact) mass is 1570 g/mol. The molecule has 6 N–H and O–H groups in total. The van der Waals surface area contributed by atoms with Crippen molar-refractivity contribution in [2.75, 3.05) is 66.1 Å². The van der Waals surface area contributed by atoms with E-state index in [1.165, 1.54) is 49.4 Å². The van der Waals surface area contributed by atoms with Crippen molar-refractivity contribution in [2.45, 2.75) is 116 Å². The summed E-state index contributed by atoms with van der Waals surface area (Å²) in [5.74, 6) is -4.11. The molecule has 0 unspecified atom stereocenters. The number of aliphatic carboxylic acids is 1. The number of benzene rings is 2. The summed E-state index contributed by atoms with van der Waals surface area (Å²) in [6.45, 7) is 5.37. The van der Waals surface area contributed by atoms with Gasteiger partial charge in [0.2, 0.25) is 17.7 Å². The number of pyridine rings is 2. The van der Waals surface area contributed by atoms with E-state index in [1.807, 2.05) is 60.7 Å². The number of piperazine rings is 2. The Morgan fingerprint density at radius 2 is 1.12 bits per heavy atom. The second kappa shape index (κ2) is 33.6. The fourth-order valence-electron chi connectivity index (χ4n) is 9.26.